The molecule has 0 fully saturated rings. The highest BCUT2D eigenvalue weighted by Crippen LogP contribution is 2.45. The van der Waals surface area contributed by atoms with Crippen LogP contribution < -0.4 is 0 Å². The van der Waals surface area contributed by atoms with E-state index in [-0.39, 0.29) is 17.1 Å². The molecule has 2 aromatic carbocycles. The van der Waals surface area contributed by atoms with Gasteiger partial charge >= 0.3 is 5.97 Å². The molecule has 1 aliphatic heterocycles. The number of carboxylic acid groups (broad SMARTS) is 1. The molecule has 2 heterocycles. The number of carbonyl (C=O) groups excluding carboxylic acids is 1. The van der Waals surface area contributed by atoms with Crippen molar-refractivity contribution in [2.24, 2.45) is 5.92 Å². The molecule has 0 radical (unpaired) electrons. The van der Waals surface area contributed by atoms with Gasteiger partial charge in [0.05, 0.1) is 11.3 Å². The van der Waals surface area contributed by atoms with Crippen molar-refractivity contribution >= 4 is 28.4 Å². The lowest BCUT2D eigenvalue weighted by atomic mass is 9.71. The molecule has 1 unspecified atom stereocenters. The molecule has 0 aliphatic carbocycles. The van der Waals surface area contributed by atoms with E-state index >= 15 is 0 Å². The molecule has 1 amide bonds. The third-order valence-electron chi connectivity index (χ3n) is 6.19. The van der Waals surface area contributed by atoms with Crippen LogP contribution in [0, 0.1) is 17.6 Å². The van der Waals surface area contributed by atoms with Crippen molar-refractivity contribution in [2.75, 3.05) is 0 Å². The molecule has 0 bridgehead atoms. The van der Waals surface area contributed by atoms with E-state index in [2.05, 4.69) is 4.98 Å². The Morgan fingerprint density at radius 1 is 1.09 bits per heavy atom. The molecule has 1 aliphatic rings. The molecule has 0 spiro atoms. The number of benzene rings is 2. The van der Waals surface area contributed by atoms with E-state index in [9.17, 15) is 23.5 Å². The summed E-state index contributed by atoms with van der Waals surface area (Å²) in [5.74, 6) is -4.05. The summed E-state index contributed by atoms with van der Waals surface area (Å²) in [5, 5.41) is 10.9. The molecule has 3 aromatic rings. The van der Waals surface area contributed by atoms with Crippen molar-refractivity contribution in [3.63, 3.8) is 0 Å². The summed E-state index contributed by atoms with van der Waals surface area (Å²) >= 11 is 0. The number of aromatic nitrogens is 1. The number of para-hydroxylation sites is 1. The molecule has 166 valence electrons. The van der Waals surface area contributed by atoms with Gasteiger partial charge in [-0.2, -0.15) is 0 Å². The fraction of sp³-hybridized carbons (Fsp3) is 0.280. The first kappa shape index (κ1) is 21.7. The van der Waals surface area contributed by atoms with Crippen LogP contribution in [0.15, 0.2) is 48.7 Å². The number of aromatic amines is 1. The van der Waals surface area contributed by atoms with Gasteiger partial charge in [0.2, 0.25) is 0 Å². The number of hydrogen-bond acceptors (Lipinski definition) is 2. The summed E-state index contributed by atoms with van der Waals surface area (Å²) in [4.78, 5) is 30.4. The van der Waals surface area contributed by atoms with Crippen molar-refractivity contribution in [1.82, 2.24) is 9.88 Å². The van der Waals surface area contributed by atoms with Crippen LogP contribution >= 0.6 is 0 Å². The van der Waals surface area contributed by atoms with E-state index in [4.69, 9.17) is 0 Å². The SMILES string of the molecule is CC(C)C1N(C(=O)c2ccc(F)c(F)c2)C=C(C(=O)O)c2[nH]c3ccccc3c2C1(C)C. The Balaban J connectivity index is 2.00. The second-order valence-corrected chi connectivity index (χ2v) is 9.02. The van der Waals surface area contributed by atoms with Crippen molar-refractivity contribution in [1.29, 1.82) is 0 Å². The predicted octanol–water partition coefficient (Wildman–Crippen LogP) is 5.33. The number of carboxylic acids is 1. The van der Waals surface area contributed by atoms with Crippen molar-refractivity contribution in [3.05, 3.63) is 77.1 Å². The zero-order valence-electron chi connectivity index (χ0n) is 18.2. The van der Waals surface area contributed by atoms with Crippen LogP contribution in [0.5, 0.6) is 0 Å². The van der Waals surface area contributed by atoms with E-state index in [0.717, 1.165) is 28.6 Å². The summed E-state index contributed by atoms with van der Waals surface area (Å²) in [6.07, 6.45) is 1.32. The van der Waals surface area contributed by atoms with E-state index in [0.29, 0.717) is 5.69 Å². The van der Waals surface area contributed by atoms with Gasteiger partial charge in [0.25, 0.3) is 5.91 Å². The van der Waals surface area contributed by atoms with Crippen LogP contribution in [0.3, 0.4) is 0 Å². The lowest BCUT2D eigenvalue weighted by molar-refractivity contribution is -0.130. The van der Waals surface area contributed by atoms with Crippen LogP contribution in [-0.2, 0) is 10.2 Å². The molecule has 7 heteroatoms. The van der Waals surface area contributed by atoms with Gasteiger partial charge in [-0.05, 0) is 35.7 Å². The maximum absolute atomic E-state index is 13.9. The van der Waals surface area contributed by atoms with Crippen molar-refractivity contribution < 1.29 is 23.5 Å². The van der Waals surface area contributed by atoms with Crippen molar-refractivity contribution in [2.45, 2.75) is 39.2 Å². The van der Waals surface area contributed by atoms with E-state index in [1.165, 1.54) is 17.2 Å². The fourth-order valence-electron chi connectivity index (χ4n) is 5.07. The second-order valence-electron chi connectivity index (χ2n) is 9.02. The monoisotopic (exact) mass is 438 g/mol. The first-order chi connectivity index (χ1) is 15.0. The number of fused-ring (bicyclic) bond motifs is 3. The predicted molar refractivity (Wildman–Crippen MR) is 118 cm³/mol. The number of amides is 1. The molecule has 1 atom stereocenters. The normalized spacial score (nSPS) is 17.8. The number of hydrogen-bond donors (Lipinski definition) is 2. The lowest BCUT2D eigenvalue weighted by Gasteiger charge is -2.42. The molecule has 0 saturated carbocycles. The number of carbonyl (C=O) groups is 2. The maximum Gasteiger partial charge on any atom is 0.339 e. The van der Waals surface area contributed by atoms with Crippen molar-refractivity contribution in [3.8, 4) is 0 Å². The number of halogens is 2. The van der Waals surface area contributed by atoms with Gasteiger partial charge in [-0.3, -0.25) is 4.79 Å². The van der Waals surface area contributed by atoms with Crippen LogP contribution in [0.1, 0.15) is 49.3 Å². The number of aliphatic carboxylic acids is 1. The summed E-state index contributed by atoms with van der Waals surface area (Å²) in [6, 6.07) is 10.1. The minimum atomic E-state index is -1.19. The third kappa shape index (κ3) is 3.28. The second kappa shape index (κ2) is 7.58. The lowest BCUT2D eigenvalue weighted by Crippen LogP contribution is -2.50. The van der Waals surface area contributed by atoms with Crippen LogP contribution in [0.2, 0.25) is 0 Å². The Morgan fingerprint density at radius 2 is 1.78 bits per heavy atom. The van der Waals surface area contributed by atoms with Gasteiger partial charge in [0, 0.05) is 34.1 Å². The average molecular weight is 438 g/mol. The Kier molecular flexibility index (Phi) is 5.15. The van der Waals surface area contributed by atoms with Gasteiger partial charge in [-0.15, -0.1) is 0 Å². The summed E-state index contributed by atoms with van der Waals surface area (Å²) in [7, 11) is 0. The van der Waals surface area contributed by atoms with E-state index in [1.54, 1.807) is 0 Å². The van der Waals surface area contributed by atoms with Crippen LogP contribution in [0.25, 0.3) is 16.5 Å². The zero-order chi connectivity index (χ0) is 23.4. The fourth-order valence-corrected chi connectivity index (χ4v) is 5.07. The van der Waals surface area contributed by atoms with Gasteiger partial charge in [-0.1, -0.05) is 45.9 Å². The standard InChI is InChI=1S/C25H24F2N2O3/c1-13(2)22-25(3,4)20-15-7-5-6-8-19(15)28-21(20)16(24(31)32)12-29(22)23(30)14-9-10-17(26)18(27)11-14/h5-13,22,28H,1-4H3,(H,31,32). The van der Waals surface area contributed by atoms with Gasteiger partial charge in [0.1, 0.15) is 0 Å². The minimum Gasteiger partial charge on any atom is -0.478 e. The molecule has 32 heavy (non-hydrogen) atoms. The number of rotatable bonds is 3. The largest absolute Gasteiger partial charge is 0.478 e. The molecular formula is C25H24F2N2O3. The topological polar surface area (TPSA) is 73.4 Å². The van der Waals surface area contributed by atoms with E-state index < -0.39 is 35.0 Å². The number of nitrogens with one attached hydrogen (secondary N) is 1. The Bertz CT molecular complexity index is 1270. The summed E-state index contributed by atoms with van der Waals surface area (Å²) < 4.78 is 27.3. The van der Waals surface area contributed by atoms with Gasteiger partial charge in [-0.25, -0.2) is 13.6 Å². The van der Waals surface area contributed by atoms with Gasteiger partial charge in [0.15, 0.2) is 11.6 Å². The molecule has 0 saturated heterocycles. The highest BCUT2D eigenvalue weighted by atomic mass is 19.2. The molecule has 2 N–H and O–H groups in total. The highest BCUT2D eigenvalue weighted by Gasteiger charge is 2.45. The number of nitrogens with zero attached hydrogens (tertiary/aromatic N) is 1. The molecule has 5 nitrogen and oxygen atoms in total. The first-order valence-corrected chi connectivity index (χ1v) is 10.4. The highest BCUT2D eigenvalue weighted by molar-refractivity contribution is 6.17. The maximum atomic E-state index is 13.9. The molecular weight excluding hydrogens is 414 g/mol. The molecule has 1 aromatic heterocycles. The summed E-state index contributed by atoms with van der Waals surface area (Å²) in [6.45, 7) is 7.85. The third-order valence-corrected chi connectivity index (χ3v) is 6.19. The van der Waals surface area contributed by atoms with E-state index in [1.807, 2.05) is 52.0 Å². The first-order valence-electron chi connectivity index (χ1n) is 10.4. The summed E-state index contributed by atoms with van der Waals surface area (Å²) in [5.41, 5.74) is 1.26. The Morgan fingerprint density at radius 3 is 2.41 bits per heavy atom. The molecule has 4 rings (SSSR count). The van der Waals surface area contributed by atoms with Gasteiger partial charge < -0.3 is 15.0 Å². The Labute approximate surface area is 184 Å². The quantitative estimate of drug-likeness (QED) is 0.581. The minimum absolute atomic E-state index is 0.0539. The van der Waals surface area contributed by atoms with Crippen LogP contribution in [-0.4, -0.2) is 32.9 Å². The zero-order valence-corrected chi connectivity index (χ0v) is 18.2. The number of H-pyrrole nitrogens is 1. The smallest absolute Gasteiger partial charge is 0.339 e. The average Bonchev–Trinajstić information content (AvgIpc) is 3.07. The Hall–Kier alpha value is -3.48. The van der Waals surface area contributed by atoms with Crippen LogP contribution in [0.4, 0.5) is 8.78 Å².